The Morgan fingerprint density at radius 3 is 2.00 bits per heavy atom. The summed E-state index contributed by atoms with van der Waals surface area (Å²) in [5.74, 6) is -0.0592. The number of esters is 1. The molecule has 3 aromatic carbocycles. The van der Waals surface area contributed by atoms with Gasteiger partial charge in [-0.2, -0.15) is 0 Å². The molecule has 9 heteroatoms. The zero-order chi connectivity index (χ0) is 26.5. The second kappa shape index (κ2) is 14.1. The van der Waals surface area contributed by atoms with Crippen LogP contribution >= 0.6 is 0 Å². The predicted octanol–water partition coefficient (Wildman–Crippen LogP) is 4.46. The molecule has 3 aromatic rings. The fourth-order valence-electron chi connectivity index (χ4n) is 3.39. The van der Waals surface area contributed by atoms with Crippen LogP contribution in [0.5, 0.6) is 11.5 Å². The van der Waals surface area contributed by atoms with Gasteiger partial charge >= 0.3 is 12.1 Å². The highest BCUT2D eigenvalue weighted by atomic mass is 16.6. The lowest BCUT2D eigenvalue weighted by Crippen LogP contribution is -2.42. The first-order valence-electron chi connectivity index (χ1n) is 11.7. The van der Waals surface area contributed by atoms with E-state index in [1.54, 1.807) is 18.2 Å². The Kier molecular flexibility index (Phi) is 10.3. The average Bonchev–Trinajstić information content (AvgIpc) is 2.93. The van der Waals surface area contributed by atoms with Crippen molar-refractivity contribution < 1.29 is 33.3 Å². The van der Waals surface area contributed by atoms with Gasteiger partial charge in [-0.1, -0.05) is 60.7 Å². The molecule has 0 saturated carbocycles. The molecule has 2 N–H and O–H groups in total. The number of hydrogen-bond donors (Lipinski definition) is 2. The van der Waals surface area contributed by atoms with Crippen LogP contribution in [0.3, 0.4) is 0 Å². The van der Waals surface area contributed by atoms with Gasteiger partial charge in [0.25, 0.3) is 0 Å². The molecular weight excluding hydrogens is 476 g/mol. The van der Waals surface area contributed by atoms with E-state index in [1.165, 1.54) is 14.2 Å². The number of carbonyl (C=O) groups excluding carboxylic acids is 3. The van der Waals surface area contributed by atoms with Gasteiger partial charge in [0.15, 0.2) is 0 Å². The summed E-state index contributed by atoms with van der Waals surface area (Å²) in [7, 11) is 3.00. The number of benzene rings is 3. The lowest BCUT2D eigenvalue weighted by Gasteiger charge is -2.18. The molecule has 0 radical (unpaired) electrons. The van der Waals surface area contributed by atoms with Crippen molar-refractivity contribution in [2.75, 3.05) is 19.5 Å². The van der Waals surface area contributed by atoms with Crippen LogP contribution in [0.25, 0.3) is 0 Å². The number of ether oxygens (including phenoxy) is 4. The van der Waals surface area contributed by atoms with Gasteiger partial charge in [0, 0.05) is 12.5 Å². The van der Waals surface area contributed by atoms with Crippen LogP contribution in [0.15, 0.2) is 78.9 Å². The minimum absolute atomic E-state index is 0.00776. The quantitative estimate of drug-likeness (QED) is 0.349. The molecule has 2 amide bonds. The first-order chi connectivity index (χ1) is 18.0. The molecule has 1 atom stereocenters. The minimum atomic E-state index is -1.09. The maximum atomic E-state index is 12.8. The number of anilines is 1. The summed E-state index contributed by atoms with van der Waals surface area (Å²) >= 11 is 0. The van der Waals surface area contributed by atoms with Crippen molar-refractivity contribution in [3.8, 4) is 11.5 Å². The molecule has 0 aliphatic carbocycles. The van der Waals surface area contributed by atoms with E-state index in [9.17, 15) is 14.4 Å². The van der Waals surface area contributed by atoms with Crippen molar-refractivity contribution in [2.24, 2.45) is 0 Å². The zero-order valence-electron chi connectivity index (χ0n) is 20.8. The topological polar surface area (TPSA) is 112 Å². The maximum Gasteiger partial charge on any atom is 0.408 e. The van der Waals surface area contributed by atoms with E-state index in [-0.39, 0.29) is 32.0 Å². The van der Waals surface area contributed by atoms with Crippen LogP contribution in [-0.2, 0) is 32.3 Å². The van der Waals surface area contributed by atoms with Gasteiger partial charge in [-0.05, 0) is 29.7 Å². The Morgan fingerprint density at radius 1 is 0.784 bits per heavy atom. The van der Waals surface area contributed by atoms with Crippen molar-refractivity contribution >= 4 is 23.7 Å². The monoisotopic (exact) mass is 506 g/mol. The Balaban J connectivity index is 1.61. The third-order valence-electron chi connectivity index (χ3n) is 5.35. The lowest BCUT2D eigenvalue weighted by molar-refractivity contribution is -0.147. The molecule has 0 aromatic heterocycles. The van der Waals surface area contributed by atoms with Gasteiger partial charge in [-0.25, -0.2) is 9.59 Å². The van der Waals surface area contributed by atoms with E-state index < -0.39 is 18.1 Å². The van der Waals surface area contributed by atoms with Gasteiger partial charge < -0.3 is 29.6 Å². The van der Waals surface area contributed by atoms with E-state index in [2.05, 4.69) is 10.6 Å². The number of nitrogens with one attached hydrogen (secondary N) is 2. The van der Waals surface area contributed by atoms with E-state index in [0.29, 0.717) is 17.2 Å². The Morgan fingerprint density at radius 2 is 1.41 bits per heavy atom. The third kappa shape index (κ3) is 8.88. The van der Waals surface area contributed by atoms with Crippen LogP contribution in [0.2, 0.25) is 0 Å². The second-order valence-electron chi connectivity index (χ2n) is 8.01. The summed E-state index contributed by atoms with van der Waals surface area (Å²) < 4.78 is 21.1. The maximum absolute atomic E-state index is 12.8. The van der Waals surface area contributed by atoms with Crippen molar-refractivity contribution in [1.82, 2.24) is 5.32 Å². The van der Waals surface area contributed by atoms with Crippen LogP contribution in [0.4, 0.5) is 10.5 Å². The second-order valence-corrected chi connectivity index (χ2v) is 8.01. The fraction of sp³-hybridized carbons (Fsp3) is 0.250. The summed E-state index contributed by atoms with van der Waals surface area (Å²) in [6.45, 7) is 0.0682. The first-order valence-corrected chi connectivity index (χ1v) is 11.7. The Hall–Kier alpha value is -4.53. The Bertz CT molecular complexity index is 1170. The van der Waals surface area contributed by atoms with Crippen LogP contribution in [0.1, 0.15) is 24.0 Å². The van der Waals surface area contributed by atoms with Crippen LogP contribution < -0.4 is 20.1 Å². The summed E-state index contributed by atoms with van der Waals surface area (Å²) in [5, 5.41) is 5.27. The number of rotatable bonds is 12. The molecule has 0 heterocycles. The van der Waals surface area contributed by atoms with Crippen LogP contribution in [-0.4, -0.2) is 38.2 Å². The minimum Gasteiger partial charge on any atom is -0.497 e. The van der Waals surface area contributed by atoms with Crippen molar-refractivity contribution in [1.29, 1.82) is 0 Å². The standard InChI is InChI=1S/C28H30N2O7/c1-34-22-13-15-25(35-2)24(17-22)29-26(31)16-14-23(27(32)36-18-20-9-5-3-6-10-20)30-28(33)37-19-21-11-7-4-8-12-21/h3-13,15,17,23H,14,16,18-19H2,1-2H3,(H,29,31)(H,30,33)/t23-/m0/s1. The highest BCUT2D eigenvalue weighted by Gasteiger charge is 2.24. The van der Waals surface area contributed by atoms with Gasteiger partial charge in [0.05, 0.1) is 19.9 Å². The molecule has 9 nitrogen and oxygen atoms in total. The molecule has 0 unspecified atom stereocenters. The SMILES string of the molecule is COc1ccc(OC)c(NC(=O)CC[C@H](NC(=O)OCc2ccccc2)C(=O)OCc2ccccc2)c1. The Labute approximate surface area is 215 Å². The van der Waals surface area contributed by atoms with E-state index in [1.807, 2.05) is 60.7 Å². The molecular formula is C28H30N2O7. The summed E-state index contributed by atoms with van der Waals surface area (Å²) in [4.78, 5) is 37.9. The smallest absolute Gasteiger partial charge is 0.408 e. The molecule has 0 spiro atoms. The number of amides is 2. The fourth-order valence-corrected chi connectivity index (χ4v) is 3.39. The molecule has 0 saturated heterocycles. The zero-order valence-corrected chi connectivity index (χ0v) is 20.8. The first kappa shape index (κ1) is 27.1. The lowest BCUT2D eigenvalue weighted by atomic mass is 10.1. The highest BCUT2D eigenvalue weighted by Crippen LogP contribution is 2.29. The summed E-state index contributed by atoms with van der Waals surface area (Å²) in [5.41, 5.74) is 2.02. The number of alkyl carbamates (subject to hydrolysis) is 1. The molecule has 194 valence electrons. The van der Waals surface area contributed by atoms with Gasteiger partial charge in [-0.15, -0.1) is 0 Å². The summed E-state index contributed by atoms with van der Waals surface area (Å²) in [6.07, 6.45) is -0.878. The molecule has 0 bridgehead atoms. The third-order valence-corrected chi connectivity index (χ3v) is 5.35. The van der Waals surface area contributed by atoms with Crippen molar-refractivity contribution in [2.45, 2.75) is 32.1 Å². The number of methoxy groups -OCH3 is 2. The summed E-state index contributed by atoms with van der Waals surface area (Å²) in [6, 6.07) is 22.2. The molecule has 0 fully saturated rings. The molecule has 37 heavy (non-hydrogen) atoms. The van der Waals surface area contributed by atoms with Crippen molar-refractivity contribution in [3.63, 3.8) is 0 Å². The highest BCUT2D eigenvalue weighted by molar-refractivity contribution is 5.93. The van der Waals surface area contributed by atoms with E-state index >= 15 is 0 Å². The van der Waals surface area contributed by atoms with Crippen molar-refractivity contribution in [3.05, 3.63) is 90.0 Å². The normalized spacial score (nSPS) is 11.1. The van der Waals surface area contributed by atoms with Gasteiger partial charge in [-0.3, -0.25) is 4.79 Å². The van der Waals surface area contributed by atoms with Gasteiger partial charge in [0.2, 0.25) is 5.91 Å². The van der Waals surface area contributed by atoms with E-state index in [0.717, 1.165) is 11.1 Å². The number of hydrogen-bond acceptors (Lipinski definition) is 7. The molecule has 3 rings (SSSR count). The average molecular weight is 507 g/mol. The predicted molar refractivity (Wildman–Crippen MR) is 137 cm³/mol. The largest absolute Gasteiger partial charge is 0.497 e. The molecule has 0 aliphatic heterocycles. The number of carbonyl (C=O) groups is 3. The van der Waals surface area contributed by atoms with Crippen LogP contribution in [0, 0.1) is 0 Å². The van der Waals surface area contributed by atoms with E-state index in [4.69, 9.17) is 18.9 Å². The molecule has 0 aliphatic rings. The van der Waals surface area contributed by atoms with Gasteiger partial charge in [0.1, 0.15) is 30.8 Å².